The van der Waals surface area contributed by atoms with Gasteiger partial charge < -0.3 is 14.9 Å². The van der Waals surface area contributed by atoms with Crippen molar-refractivity contribution in [2.45, 2.75) is 12.5 Å². The Morgan fingerprint density at radius 2 is 2.16 bits per heavy atom. The standard InChI is InChI=1S/C13H13BrN2O3/c1-15-6-12(17)16(10-5-8(10)13(18)19)11-4-7(14)2-3-9(11)15/h2-4,8,10H,5-6H2,1H3,(H,18,19). The van der Waals surface area contributed by atoms with E-state index >= 15 is 0 Å². The predicted octanol–water partition coefficient (Wildman–Crippen LogP) is 1.70. The average Bonchev–Trinajstić information content (AvgIpc) is 3.08. The van der Waals surface area contributed by atoms with Crippen molar-refractivity contribution >= 4 is 39.2 Å². The molecule has 1 aliphatic heterocycles. The van der Waals surface area contributed by atoms with Crippen molar-refractivity contribution in [1.29, 1.82) is 0 Å². The predicted molar refractivity (Wildman–Crippen MR) is 74.4 cm³/mol. The first-order valence-electron chi connectivity index (χ1n) is 6.04. The molecule has 0 spiro atoms. The lowest BCUT2D eigenvalue weighted by Crippen LogP contribution is -2.46. The second-order valence-electron chi connectivity index (χ2n) is 5.00. The topological polar surface area (TPSA) is 60.9 Å². The SMILES string of the molecule is CN1CC(=O)N(C2CC2C(=O)O)c2cc(Br)ccc21. The smallest absolute Gasteiger partial charge is 0.308 e. The number of fused-ring (bicyclic) bond motifs is 1. The zero-order valence-electron chi connectivity index (χ0n) is 10.3. The summed E-state index contributed by atoms with van der Waals surface area (Å²) < 4.78 is 0.881. The molecule has 0 aromatic heterocycles. The fourth-order valence-electron chi connectivity index (χ4n) is 2.61. The zero-order valence-corrected chi connectivity index (χ0v) is 11.9. The van der Waals surface area contributed by atoms with E-state index < -0.39 is 11.9 Å². The summed E-state index contributed by atoms with van der Waals surface area (Å²) in [6.45, 7) is 0.289. The molecule has 19 heavy (non-hydrogen) atoms. The number of carboxylic acids is 1. The summed E-state index contributed by atoms with van der Waals surface area (Å²) in [7, 11) is 1.86. The number of likely N-dealkylation sites (N-methyl/N-ethyl adjacent to an activating group) is 1. The maximum atomic E-state index is 12.2. The highest BCUT2D eigenvalue weighted by Gasteiger charge is 2.51. The van der Waals surface area contributed by atoms with E-state index in [1.165, 1.54) is 0 Å². The normalized spacial score (nSPS) is 25.3. The lowest BCUT2D eigenvalue weighted by molar-refractivity contribution is -0.138. The molecule has 0 bridgehead atoms. The molecule has 1 aliphatic carbocycles. The third-order valence-corrected chi connectivity index (χ3v) is 4.15. The Bertz CT molecular complexity index is 575. The van der Waals surface area contributed by atoms with Gasteiger partial charge in [-0.25, -0.2) is 0 Å². The Balaban J connectivity index is 2.01. The summed E-state index contributed by atoms with van der Waals surface area (Å²) in [5.41, 5.74) is 1.75. The number of rotatable bonds is 2. The Hall–Kier alpha value is -1.56. The zero-order chi connectivity index (χ0) is 13.7. The van der Waals surface area contributed by atoms with Gasteiger partial charge in [-0.05, 0) is 24.6 Å². The van der Waals surface area contributed by atoms with Crippen molar-refractivity contribution in [3.63, 3.8) is 0 Å². The maximum absolute atomic E-state index is 12.2. The average molecular weight is 325 g/mol. The number of hydrogen-bond acceptors (Lipinski definition) is 3. The highest BCUT2D eigenvalue weighted by atomic mass is 79.9. The van der Waals surface area contributed by atoms with Gasteiger partial charge in [0.2, 0.25) is 5.91 Å². The summed E-state index contributed by atoms with van der Waals surface area (Å²) in [5.74, 6) is -1.30. The molecule has 3 rings (SSSR count). The van der Waals surface area contributed by atoms with Crippen LogP contribution in [0.2, 0.25) is 0 Å². The van der Waals surface area contributed by atoms with Gasteiger partial charge in [-0.3, -0.25) is 9.59 Å². The van der Waals surface area contributed by atoms with Crippen molar-refractivity contribution in [3.05, 3.63) is 22.7 Å². The van der Waals surface area contributed by atoms with E-state index in [1.807, 2.05) is 30.1 Å². The minimum Gasteiger partial charge on any atom is -0.481 e. The summed E-state index contributed by atoms with van der Waals surface area (Å²) in [6, 6.07) is 5.54. The van der Waals surface area contributed by atoms with E-state index in [0.717, 1.165) is 15.8 Å². The molecule has 2 unspecified atom stereocenters. The van der Waals surface area contributed by atoms with Gasteiger partial charge in [0.15, 0.2) is 0 Å². The number of hydrogen-bond donors (Lipinski definition) is 1. The van der Waals surface area contributed by atoms with Gasteiger partial charge >= 0.3 is 5.97 Å². The molecule has 1 saturated carbocycles. The molecular formula is C13H13BrN2O3. The third-order valence-electron chi connectivity index (χ3n) is 3.65. The monoisotopic (exact) mass is 324 g/mol. The van der Waals surface area contributed by atoms with Crippen LogP contribution < -0.4 is 9.80 Å². The maximum Gasteiger partial charge on any atom is 0.308 e. The van der Waals surface area contributed by atoms with Crippen molar-refractivity contribution in [1.82, 2.24) is 0 Å². The minimum atomic E-state index is -0.826. The van der Waals surface area contributed by atoms with Crippen LogP contribution in [0, 0.1) is 5.92 Å². The summed E-state index contributed by atoms with van der Waals surface area (Å²) in [4.78, 5) is 26.8. The van der Waals surface area contributed by atoms with Crippen molar-refractivity contribution in [3.8, 4) is 0 Å². The van der Waals surface area contributed by atoms with E-state index in [2.05, 4.69) is 15.9 Å². The van der Waals surface area contributed by atoms with Gasteiger partial charge in [-0.15, -0.1) is 0 Å². The Morgan fingerprint density at radius 1 is 1.42 bits per heavy atom. The number of carbonyl (C=O) groups excluding carboxylic acids is 1. The van der Waals surface area contributed by atoms with Crippen LogP contribution in [0.25, 0.3) is 0 Å². The van der Waals surface area contributed by atoms with Crippen LogP contribution in [0.1, 0.15) is 6.42 Å². The molecule has 6 heteroatoms. The second kappa shape index (κ2) is 4.23. The Morgan fingerprint density at radius 3 is 2.79 bits per heavy atom. The van der Waals surface area contributed by atoms with Crippen LogP contribution in [-0.4, -0.2) is 36.6 Å². The summed E-state index contributed by atoms with van der Waals surface area (Å²) in [6.07, 6.45) is 0.538. The van der Waals surface area contributed by atoms with E-state index in [0.29, 0.717) is 6.42 Å². The largest absolute Gasteiger partial charge is 0.481 e. The van der Waals surface area contributed by atoms with Crippen molar-refractivity contribution < 1.29 is 14.7 Å². The van der Waals surface area contributed by atoms with Crippen LogP contribution >= 0.6 is 15.9 Å². The van der Waals surface area contributed by atoms with Crippen LogP contribution in [0.3, 0.4) is 0 Å². The molecule has 0 saturated heterocycles. The third kappa shape index (κ3) is 2.00. The molecule has 2 aliphatic rings. The molecule has 1 N–H and O–H groups in total. The number of nitrogens with zero attached hydrogens (tertiary/aromatic N) is 2. The fraction of sp³-hybridized carbons (Fsp3) is 0.385. The number of anilines is 2. The van der Waals surface area contributed by atoms with Crippen LogP contribution in [0.5, 0.6) is 0 Å². The van der Waals surface area contributed by atoms with Crippen LogP contribution in [0.4, 0.5) is 11.4 Å². The first-order chi connectivity index (χ1) is 8.99. The van der Waals surface area contributed by atoms with E-state index in [9.17, 15) is 9.59 Å². The molecule has 100 valence electrons. The molecule has 1 heterocycles. The molecule has 1 fully saturated rings. The van der Waals surface area contributed by atoms with Gasteiger partial charge in [0.05, 0.1) is 29.9 Å². The Labute approximate surface area is 118 Å². The van der Waals surface area contributed by atoms with Crippen molar-refractivity contribution in [2.75, 3.05) is 23.4 Å². The first kappa shape index (κ1) is 12.5. The van der Waals surface area contributed by atoms with Crippen LogP contribution in [0.15, 0.2) is 22.7 Å². The van der Waals surface area contributed by atoms with Gasteiger partial charge in [0, 0.05) is 11.5 Å². The van der Waals surface area contributed by atoms with Gasteiger partial charge in [-0.1, -0.05) is 15.9 Å². The lowest BCUT2D eigenvalue weighted by Gasteiger charge is -2.35. The van der Waals surface area contributed by atoms with Gasteiger partial charge in [-0.2, -0.15) is 0 Å². The molecule has 1 amide bonds. The second-order valence-corrected chi connectivity index (χ2v) is 5.92. The quantitative estimate of drug-likeness (QED) is 0.899. The number of halogens is 1. The fourth-order valence-corrected chi connectivity index (χ4v) is 2.96. The first-order valence-corrected chi connectivity index (χ1v) is 6.84. The van der Waals surface area contributed by atoms with E-state index in [4.69, 9.17) is 5.11 Å². The number of carbonyl (C=O) groups is 2. The molecule has 1 aromatic rings. The molecule has 5 nitrogen and oxygen atoms in total. The number of benzene rings is 1. The number of aliphatic carboxylic acids is 1. The van der Waals surface area contributed by atoms with Crippen molar-refractivity contribution in [2.24, 2.45) is 5.92 Å². The molecule has 0 radical (unpaired) electrons. The van der Waals surface area contributed by atoms with E-state index in [-0.39, 0.29) is 18.5 Å². The highest BCUT2D eigenvalue weighted by molar-refractivity contribution is 9.10. The van der Waals surface area contributed by atoms with Gasteiger partial charge in [0.1, 0.15) is 0 Å². The van der Waals surface area contributed by atoms with Crippen LogP contribution in [-0.2, 0) is 9.59 Å². The molecule has 2 atom stereocenters. The van der Waals surface area contributed by atoms with Gasteiger partial charge in [0.25, 0.3) is 0 Å². The molecule has 1 aromatic carbocycles. The lowest BCUT2D eigenvalue weighted by atomic mass is 10.1. The minimum absolute atomic E-state index is 0.0400. The Kier molecular flexibility index (Phi) is 2.78. The highest BCUT2D eigenvalue weighted by Crippen LogP contribution is 2.44. The van der Waals surface area contributed by atoms with E-state index in [1.54, 1.807) is 4.90 Å². The molecular weight excluding hydrogens is 312 g/mol. The number of carboxylic acid groups (broad SMARTS) is 1. The summed E-state index contributed by atoms with van der Waals surface area (Å²) in [5, 5.41) is 9.04. The number of amides is 1. The summed E-state index contributed by atoms with van der Waals surface area (Å²) >= 11 is 3.40.